The van der Waals surface area contributed by atoms with E-state index in [4.69, 9.17) is 21.1 Å². The average molecular weight is 530 g/mol. The highest BCUT2D eigenvalue weighted by Gasteiger charge is 2.74. The Morgan fingerprint density at radius 2 is 1.58 bits per heavy atom. The van der Waals surface area contributed by atoms with Gasteiger partial charge in [0.15, 0.2) is 0 Å². The quantitative estimate of drug-likeness (QED) is 0.283. The Balaban J connectivity index is 1.49. The van der Waals surface area contributed by atoms with E-state index in [2.05, 4.69) is 0 Å². The molecule has 38 heavy (non-hydrogen) atoms. The minimum atomic E-state index is -2.18. The predicted octanol–water partition coefficient (Wildman–Crippen LogP) is 4.21. The van der Waals surface area contributed by atoms with Gasteiger partial charge in [-0.15, -0.1) is 0 Å². The van der Waals surface area contributed by atoms with Crippen LogP contribution in [0.5, 0.6) is 0 Å². The van der Waals surface area contributed by atoms with E-state index in [1.165, 1.54) is 30.3 Å². The summed E-state index contributed by atoms with van der Waals surface area (Å²) in [5.41, 5.74) is -0.917. The van der Waals surface area contributed by atoms with Gasteiger partial charge in [-0.05, 0) is 42.8 Å². The smallest absolute Gasteiger partial charge is 0.338 e. The number of ketones is 2. The van der Waals surface area contributed by atoms with Crippen LogP contribution in [-0.4, -0.2) is 41.6 Å². The molecule has 0 aromatic heterocycles. The summed E-state index contributed by atoms with van der Waals surface area (Å²) in [4.78, 5) is 68.5. The maximum Gasteiger partial charge on any atom is 0.338 e. The van der Waals surface area contributed by atoms with E-state index < -0.39 is 52.9 Å². The third-order valence-corrected chi connectivity index (χ3v) is 7.57. The number of rotatable bonds is 4. The number of anilines is 1. The topological polar surface area (TPSA) is 107 Å². The predicted molar refractivity (Wildman–Crippen MR) is 135 cm³/mol. The van der Waals surface area contributed by atoms with Crippen molar-refractivity contribution in [2.24, 2.45) is 11.8 Å². The van der Waals surface area contributed by atoms with Crippen molar-refractivity contribution in [2.45, 2.75) is 18.6 Å². The summed E-state index contributed by atoms with van der Waals surface area (Å²) in [6.07, 6.45) is -1.10. The Bertz CT molecular complexity index is 1510. The molecule has 1 spiro atoms. The second-order valence-corrected chi connectivity index (χ2v) is 9.75. The van der Waals surface area contributed by atoms with Crippen LogP contribution >= 0.6 is 11.6 Å². The highest BCUT2D eigenvalue weighted by molar-refractivity contribution is 6.37. The highest BCUT2D eigenvalue weighted by atomic mass is 35.5. The van der Waals surface area contributed by atoms with Crippen LogP contribution in [0.4, 0.5) is 5.69 Å². The van der Waals surface area contributed by atoms with Crippen molar-refractivity contribution in [1.82, 2.24) is 0 Å². The van der Waals surface area contributed by atoms with Gasteiger partial charge in [0.1, 0.15) is 0 Å². The molecule has 3 aliphatic rings. The standard InChI is InChI=1S/C29H20ClNO7/c1-2-37-28(36)16-12-10-15(11-13-16)23-21-22(27(35)31(26(21)34)18-7-5-6-17(30)14-18)29(38-23)24(32)19-8-3-4-9-20(19)25(29)33/h3-14,21-23H,2H2,1H3/t21-,22+,23-/m0/s1. The number of carbonyl (C=O) groups excluding carboxylic acids is 5. The van der Waals surface area contributed by atoms with Crippen LogP contribution in [0.3, 0.4) is 0 Å². The van der Waals surface area contributed by atoms with Gasteiger partial charge in [-0.2, -0.15) is 0 Å². The number of carbonyl (C=O) groups is 5. The van der Waals surface area contributed by atoms with Crippen LogP contribution < -0.4 is 4.90 Å². The number of hydrogen-bond donors (Lipinski definition) is 0. The number of Topliss-reactive ketones (excluding diaryl/α,β-unsaturated/α-hetero) is 2. The van der Waals surface area contributed by atoms with E-state index in [9.17, 15) is 24.0 Å². The summed E-state index contributed by atoms with van der Waals surface area (Å²) in [6, 6.07) is 18.7. The van der Waals surface area contributed by atoms with Crippen LogP contribution in [0, 0.1) is 11.8 Å². The first-order chi connectivity index (χ1) is 18.3. The Morgan fingerprint density at radius 1 is 0.921 bits per heavy atom. The molecule has 0 radical (unpaired) electrons. The van der Waals surface area contributed by atoms with Gasteiger partial charge in [-0.1, -0.05) is 54.1 Å². The number of benzene rings is 3. The molecule has 3 aromatic carbocycles. The second kappa shape index (κ2) is 8.72. The fourth-order valence-corrected chi connectivity index (χ4v) is 5.90. The Morgan fingerprint density at radius 3 is 2.18 bits per heavy atom. The summed E-state index contributed by atoms with van der Waals surface area (Å²) in [5, 5.41) is 0.317. The molecule has 2 saturated heterocycles. The molecular weight excluding hydrogens is 510 g/mol. The Kier molecular flexibility index (Phi) is 5.55. The molecule has 0 bridgehead atoms. The first-order valence-corrected chi connectivity index (χ1v) is 12.4. The third-order valence-electron chi connectivity index (χ3n) is 7.34. The van der Waals surface area contributed by atoms with Crippen molar-refractivity contribution in [3.05, 3.63) is 100 Å². The maximum atomic E-state index is 13.9. The lowest BCUT2D eigenvalue weighted by Crippen LogP contribution is -2.51. The molecule has 8 nitrogen and oxygen atoms in total. The fourth-order valence-electron chi connectivity index (χ4n) is 5.71. The average Bonchev–Trinajstić information content (AvgIpc) is 3.49. The number of hydrogen-bond acceptors (Lipinski definition) is 7. The second-order valence-electron chi connectivity index (χ2n) is 9.32. The molecule has 9 heteroatoms. The van der Waals surface area contributed by atoms with Crippen molar-refractivity contribution < 1.29 is 33.4 Å². The summed E-state index contributed by atoms with van der Waals surface area (Å²) in [6.45, 7) is 1.90. The monoisotopic (exact) mass is 529 g/mol. The molecule has 2 fully saturated rings. The van der Waals surface area contributed by atoms with Gasteiger partial charge in [0.05, 0.1) is 35.8 Å². The summed E-state index contributed by atoms with van der Waals surface area (Å²) >= 11 is 6.13. The minimum absolute atomic E-state index is 0.149. The number of esters is 1. The van der Waals surface area contributed by atoms with Gasteiger partial charge in [-0.3, -0.25) is 19.2 Å². The van der Waals surface area contributed by atoms with E-state index in [1.54, 1.807) is 49.4 Å². The zero-order valence-corrected chi connectivity index (χ0v) is 20.8. The maximum absolute atomic E-state index is 13.9. The van der Waals surface area contributed by atoms with Crippen molar-refractivity contribution in [2.75, 3.05) is 11.5 Å². The molecule has 0 saturated carbocycles. The van der Waals surface area contributed by atoms with E-state index in [-0.39, 0.29) is 29.0 Å². The number of halogens is 1. The fraction of sp³-hybridized carbons (Fsp3) is 0.207. The van der Waals surface area contributed by atoms with E-state index in [0.29, 0.717) is 10.6 Å². The van der Waals surface area contributed by atoms with Crippen LogP contribution in [0.1, 0.15) is 49.7 Å². The number of amides is 2. The lowest BCUT2D eigenvalue weighted by atomic mass is 9.77. The zero-order valence-electron chi connectivity index (χ0n) is 20.1. The van der Waals surface area contributed by atoms with Crippen LogP contribution in [0.2, 0.25) is 5.02 Å². The van der Waals surface area contributed by atoms with Crippen LogP contribution in [-0.2, 0) is 19.1 Å². The van der Waals surface area contributed by atoms with Gasteiger partial charge >= 0.3 is 5.97 Å². The lowest BCUT2D eigenvalue weighted by molar-refractivity contribution is -0.127. The summed E-state index contributed by atoms with van der Waals surface area (Å²) < 4.78 is 11.3. The van der Waals surface area contributed by atoms with Crippen LogP contribution in [0.25, 0.3) is 0 Å². The zero-order chi connectivity index (χ0) is 26.8. The molecule has 2 heterocycles. The summed E-state index contributed by atoms with van der Waals surface area (Å²) in [5.74, 6) is -5.65. The molecule has 1 aliphatic carbocycles. The van der Waals surface area contributed by atoms with Gasteiger partial charge in [0.25, 0.3) is 0 Å². The van der Waals surface area contributed by atoms with Gasteiger partial charge in [0.2, 0.25) is 29.0 Å². The SMILES string of the molecule is CCOC(=O)c1ccc([C@@H]2OC3(C(=O)c4ccccc4C3=O)[C@H]3C(=O)N(c4cccc(Cl)c4)C(=O)[C@H]23)cc1. The first-order valence-electron chi connectivity index (χ1n) is 12.1. The lowest BCUT2D eigenvalue weighted by Gasteiger charge is -2.27. The number of fused-ring (bicyclic) bond motifs is 3. The van der Waals surface area contributed by atoms with E-state index >= 15 is 0 Å². The molecule has 190 valence electrons. The first kappa shape index (κ1) is 24.2. The molecular formula is C29H20ClNO7. The molecule has 3 atom stereocenters. The van der Waals surface area contributed by atoms with Crippen molar-refractivity contribution >= 4 is 46.6 Å². The molecule has 0 N–H and O–H groups in total. The number of nitrogens with zero attached hydrogens (tertiary/aromatic N) is 1. The van der Waals surface area contributed by atoms with Crippen molar-refractivity contribution in [1.29, 1.82) is 0 Å². The van der Waals surface area contributed by atoms with Crippen molar-refractivity contribution in [3.8, 4) is 0 Å². The molecule has 2 aliphatic heterocycles. The van der Waals surface area contributed by atoms with E-state index in [0.717, 1.165) is 4.90 Å². The Hall–Kier alpha value is -4.14. The van der Waals surface area contributed by atoms with Crippen molar-refractivity contribution in [3.63, 3.8) is 0 Å². The minimum Gasteiger partial charge on any atom is -0.462 e. The van der Waals surface area contributed by atoms with Gasteiger partial charge in [0, 0.05) is 16.1 Å². The molecule has 6 rings (SSSR count). The number of ether oxygens (including phenoxy) is 2. The highest BCUT2D eigenvalue weighted by Crippen LogP contribution is 2.57. The van der Waals surface area contributed by atoms with Gasteiger partial charge in [-0.25, -0.2) is 9.69 Å². The molecule has 2 amide bonds. The molecule has 0 unspecified atom stereocenters. The normalized spacial score (nSPS) is 23.2. The molecule has 3 aromatic rings. The van der Waals surface area contributed by atoms with E-state index in [1.807, 2.05) is 0 Å². The summed E-state index contributed by atoms with van der Waals surface area (Å²) in [7, 11) is 0. The van der Waals surface area contributed by atoms with Crippen LogP contribution in [0.15, 0.2) is 72.8 Å². The number of imide groups is 1. The van der Waals surface area contributed by atoms with Gasteiger partial charge < -0.3 is 9.47 Å². The third kappa shape index (κ3) is 3.23. The Labute approximate surface area is 222 Å². The largest absolute Gasteiger partial charge is 0.462 e.